The number of methoxy groups -OCH3 is 1. The summed E-state index contributed by atoms with van der Waals surface area (Å²) in [5, 5.41) is 0.555. The molecule has 0 rings (SSSR count). The highest BCUT2D eigenvalue weighted by Crippen LogP contribution is 2.06. The average Bonchev–Trinajstić information content (AvgIpc) is 1.98. The fourth-order valence-electron chi connectivity index (χ4n) is 0.354. The van der Waals surface area contributed by atoms with E-state index in [9.17, 15) is 4.79 Å². The number of carbonyl (C=O) groups excluding carboxylic acids is 1. The molecule has 62 valence electrons. The Morgan fingerprint density at radius 1 is 1.36 bits per heavy atom. The number of rotatable bonds is 2. The third-order valence-electron chi connectivity index (χ3n) is 0.840. The summed E-state index contributed by atoms with van der Waals surface area (Å²) < 4.78 is 4.33. The second-order valence-electron chi connectivity index (χ2n) is 1.76. The van der Waals surface area contributed by atoms with E-state index in [0.29, 0.717) is 5.03 Å². The van der Waals surface area contributed by atoms with Crippen LogP contribution < -0.4 is 0 Å². The van der Waals surface area contributed by atoms with Crippen molar-refractivity contribution < 1.29 is 9.53 Å². The molecule has 0 fully saturated rings. The molecule has 0 radical (unpaired) electrons. The quantitative estimate of drug-likeness (QED) is 0.384. The lowest BCUT2D eigenvalue weighted by atomic mass is 10.4. The van der Waals surface area contributed by atoms with Gasteiger partial charge in [0.2, 0.25) is 0 Å². The minimum Gasteiger partial charge on any atom is -0.465 e. The van der Waals surface area contributed by atoms with E-state index in [0.717, 1.165) is 0 Å². The predicted octanol–water partition coefficient (Wildman–Crippen LogP) is 2.42. The van der Waals surface area contributed by atoms with Crippen LogP contribution in [0.2, 0.25) is 0 Å². The molecule has 0 aliphatic heterocycles. The standard InChI is InChI=1S/C7H8Cl2O2/c1-5(8)3-4-6(9)7(10)11-2/h3-4H,1-2H3/b5-3+,6-4-. The van der Waals surface area contributed by atoms with Crippen LogP contribution in [-0.2, 0) is 9.53 Å². The molecule has 4 heteroatoms. The zero-order chi connectivity index (χ0) is 8.85. The van der Waals surface area contributed by atoms with Crippen molar-refractivity contribution in [2.75, 3.05) is 7.11 Å². The Morgan fingerprint density at radius 2 is 1.91 bits per heavy atom. The van der Waals surface area contributed by atoms with Crippen LogP contribution in [0.5, 0.6) is 0 Å². The number of halogens is 2. The summed E-state index contributed by atoms with van der Waals surface area (Å²) in [5.74, 6) is -0.569. The molecule has 0 amide bonds. The summed E-state index contributed by atoms with van der Waals surface area (Å²) >= 11 is 10.9. The van der Waals surface area contributed by atoms with Crippen molar-refractivity contribution in [2.45, 2.75) is 6.92 Å². The molecule has 11 heavy (non-hydrogen) atoms. The largest absolute Gasteiger partial charge is 0.465 e. The summed E-state index contributed by atoms with van der Waals surface area (Å²) in [7, 11) is 1.26. The van der Waals surface area contributed by atoms with E-state index in [4.69, 9.17) is 23.2 Å². The molecule has 2 nitrogen and oxygen atoms in total. The second kappa shape index (κ2) is 5.22. The topological polar surface area (TPSA) is 26.3 Å². The van der Waals surface area contributed by atoms with Gasteiger partial charge in [-0.2, -0.15) is 0 Å². The number of ether oxygens (including phenoxy) is 1. The molecule has 0 aliphatic carbocycles. The molecule has 0 aliphatic rings. The van der Waals surface area contributed by atoms with Gasteiger partial charge in [0.25, 0.3) is 0 Å². The number of esters is 1. The van der Waals surface area contributed by atoms with Crippen LogP contribution in [0.4, 0.5) is 0 Å². The molecule has 0 aromatic rings. The SMILES string of the molecule is COC(=O)/C(Cl)=C/C=C(\C)Cl. The smallest absolute Gasteiger partial charge is 0.349 e. The van der Waals surface area contributed by atoms with Gasteiger partial charge in [-0.25, -0.2) is 4.79 Å². The lowest BCUT2D eigenvalue weighted by Gasteiger charge is -1.92. The first-order chi connectivity index (χ1) is 5.07. The summed E-state index contributed by atoms with van der Waals surface area (Å²) in [6.45, 7) is 1.68. The summed E-state index contributed by atoms with van der Waals surface area (Å²) in [5.41, 5.74) is 0. The Kier molecular flexibility index (Phi) is 4.99. The van der Waals surface area contributed by atoms with Gasteiger partial charge in [-0.3, -0.25) is 0 Å². The van der Waals surface area contributed by atoms with Gasteiger partial charge in [0.15, 0.2) is 0 Å². The van der Waals surface area contributed by atoms with Crippen molar-refractivity contribution >= 4 is 29.2 Å². The van der Waals surface area contributed by atoms with Crippen LogP contribution in [0.25, 0.3) is 0 Å². The van der Waals surface area contributed by atoms with E-state index in [-0.39, 0.29) is 5.03 Å². The Bertz CT molecular complexity index is 202. The van der Waals surface area contributed by atoms with Gasteiger partial charge in [0.05, 0.1) is 7.11 Å². The fourth-order valence-corrected chi connectivity index (χ4v) is 0.557. The molecule has 0 N–H and O–H groups in total. The highest BCUT2D eigenvalue weighted by atomic mass is 35.5. The Hall–Kier alpha value is -0.470. The highest BCUT2D eigenvalue weighted by Gasteiger charge is 2.02. The summed E-state index contributed by atoms with van der Waals surface area (Å²) in [6.07, 6.45) is 2.90. The van der Waals surface area contributed by atoms with Crippen molar-refractivity contribution in [3.8, 4) is 0 Å². The van der Waals surface area contributed by atoms with Gasteiger partial charge in [0, 0.05) is 5.03 Å². The second-order valence-corrected chi connectivity index (χ2v) is 2.76. The minimum absolute atomic E-state index is 0.00694. The summed E-state index contributed by atoms with van der Waals surface area (Å²) in [6, 6.07) is 0. The third kappa shape index (κ3) is 4.87. The van der Waals surface area contributed by atoms with E-state index in [1.807, 2.05) is 0 Å². The molecule has 0 aromatic heterocycles. The van der Waals surface area contributed by atoms with Gasteiger partial charge in [0.1, 0.15) is 5.03 Å². The van der Waals surface area contributed by atoms with Gasteiger partial charge >= 0.3 is 5.97 Å². The molecule has 0 spiro atoms. The molecule has 0 unspecified atom stereocenters. The summed E-state index contributed by atoms with van der Waals surface area (Å²) in [4.78, 5) is 10.6. The molecule has 0 aromatic carbocycles. The van der Waals surface area contributed by atoms with E-state index < -0.39 is 5.97 Å². The average molecular weight is 195 g/mol. The number of hydrogen-bond donors (Lipinski definition) is 0. The van der Waals surface area contributed by atoms with Gasteiger partial charge < -0.3 is 4.74 Å². The molecular formula is C7H8Cl2O2. The minimum atomic E-state index is -0.569. The number of allylic oxidation sites excluding steroid dienone is 3. The zero-order valence-electron chi connectivity index (χ0n) is 6.23. The Morgan fingerprint density at radius 3 is 2.27 bits per heavy atom. The maximum Gasteiger partial charge on any atom is 0.349 e. The third-order valence-corrected chi connectivity index (χ3v) is 1.25. The zero-order valence-corrected chi connectivity index (χ0v) is 7.74. The van der Waals surface area contributed by atoms with Crippen LogP contribution in [0, 0.1) is 0 Å². The van der Waals surface area contributed by atoms with E-state index in [1.54, 1.807) is 6.92 Å². The van der Waals surface area contributed by atoms with Crippen LogP contribution in [0.15, 0.2) is 22.2 Å². The first-order valence-corrected chi connectivity index (χ1v) is 3.61. The lowest BCUT2D eigenvalue weighted by molar-refractivity contribution is -0.135. The molecule has 0 bridgehead atoms. The Balaban J connectivity index is 4.23. The maximum atomic E-state index is 10.6. The van der Waals surface area contributed by atoms with Gasteiger partial charge in [-0.15, -0.1) is 0 Å². The lowest BCUT2D eigenvalue weighted by Crippen LogP contribution is -1.98. The van der Waals surface area contributed by atoms with E-state index >= 15 is 0 Å². The first-order valence-electron chi connectivity index (χ1n) is 2.86. The molecule has 0 atom stereocenters. The van der Waals surface area contributed by atoms with E-state index in [1.165, 1.54) is 19.3 Å². The van der Waals surface area contributed by atoms with Crippen LogP contribution in [0.3, 0.4) is 0 Å². The molecule has 0 saturated carbocycles. The molecule has 0 heterocycles. The van der Waals surface area contributed by atoms with Gasteiger partial charge in [-0.05, 0) is 19.1 Å². The monoisotopic (exact) mass is 194 g/mol. The number of carbonyl (C=O) groups is 1. The normalized spacial score (nSPS) is 13.1. The Labute approximate surface area is 75.4 Å². The van der Waals surface area contributed by atoms with Gasteiger partial charge in [-0.1, -0.05) is 23.2 Å². The maximum absolute atomic E-state index is 10.6. The van der Waals surface area contributed by atoms with Crippen LogP contribution in [-0.4, -0.2) is 13.1 Å². The van der Waals surface area contributed by atoms with Crippen LogP contribution >= 0.6 is 23.2 Å². The van der Waals surface area contributed by atoms with Crippen molar-refractivity contribution in [1.29, 1.82) is 0 Å². The van der Waals surface area contributed by atoms with Crippen LogP contribution in [0.1, 0.15) is 6.92 Å². The molecular weight excluding hydrogens is 187 g/mol. The van der Waals surface area contributed by atoms with Crippen molar-refractivity contribution in [3.05, 3.63) is 22.2 Å². The van der Waals surface area contributed by atoms with Crippen molar-refractivity contribution in [2.24, 2.45) is 0 Å². The fraction of sp³-hybridized carbons (Fsp3) is 0.286. The molecule has 0 saturated heterocycles. The highest BCUT2D eigenvalue weighted by molar-refractivity contribution is 6.41. The van der Waals surface area contributed by atoms with Crippen molar-refractivity contribution in [1.82, 2.24) is 0 Å². The predicted molar refractivity (Wildman–Crippen MR) is 45.6 cm³/mol. The van der Waals surface area contributed by atoms with E-state index in [2.05, 4.69) is 4.74 Å². The van der Waals surface area contributed by atoms with Crippen molar-refractivity contribution in [3.63, 3.8) is 0 Å². The number of hydrogen-bond acceptors (Lipinski definition) is 2. The first kappa shape index (κ1) is 10.5.